The van der Waals surface area contributed by atoms with Gasteiger partial charge in [-0.15, -0.1) is 0 Å². The molecular weight excluding hydrogens is 118 g/mol. The van der Waals surface area contributed by atoms with E-state index >= 15 is 0 Å². The van der Waals surface area contributed by atoms with Crippen molar-refractivity contribution < 1.29 is 4.48 Å². The topological polar surface area (TPSA) is 0 Å². The van der Waals surface area contributed by atoms with Crippen LogP contribution in [-0.4, -0.2) is 43.2 Å². The average molecular weight is 132 g/mol. The van der Waals surface area contributed by atoms with Gasteiger partial charge in [0.05, 0.1) is 27.2 Å². The van der Waals surface area contributed by atoms with Gasteiger partial charge >= 0.3 is 0 Å². The van der Waals surface area contributed by atoms with Crippen LogP contribution in [0.1, 0.15) is 0 Å². The number of hydrogen-bond donors (Lipinski definition) is 0. The van der Waals surface area contributed by atoms with E-state index in [2.05, 4.69) is 25.9 Å². The molecule has 0 aromatic heterocycles. The van der Waals surface area contributed by atoms with Crippen LogP contribution >= 0.6 is 11.8 Å². The van der Waals surface area contributed by atoms with Crippen molar-refractivity contribution in [2.75, 3.05) is 38.7 Å². The molecule has 0 atom stereocenters. The standard InChI is InChI=1S/C6H14NS/c1-7(2)3-5-8-6-4-7/h3-6H2,1-2H3/q+1. The maximum absolute atomic E-state index is 2.31. The maximum atomic E-state index is 2.31. The lowest BCUT2D eigenvalue weighted by Gasteiger charge is -2.32. The molecule has 1 saturated heterocycles. The van der Waals surface area contributed by atoms with Gasteiger partial charge in [0.1, 0.15) is 0 Å². The summed E-state index contributed by atoms with van der Waals surface area (Å²) >= 11 is 2.08. The van der Waals surface area contributed by atoms with E-state index in [4.69, 9.17) is 0 Å². The van der Waals surface area contributed by atoms with Crippen molar-refractivity contribution in [3.05, 3.63) is 0 Å². The predicted molar refractivity (Wildman–Crippen MR) is 39.2 cm³/mol. The Bertz CT molecular complexity index is 72.6. The lowest BCUT2D eigenvalue weighted by Crippen LogP contribution is -2.45. The first kappa shape index (κ1) is 6.43. The third-order valence-electron chi connectivity index (χ3n) is 1.68. The molecule has 1 nitrogen and oxygen atoms in total. The van der Waals surface area contributed by atoms with Crippen molar-refractivity contribution in [2.45, 2.75) is 0 Å². The molecule has 8 heavy (non-hydrogen) atoms. The van der Waals surface area contributed by atoms with E-state index in [1.54, 1.807) is 0 Å². The lowest BCUT2D eigenvalue weighted by molar-refractivity contribution is -0.886. The summed E-state index contributed by atoms with van der Waals surface area (Å²) in [4.78, 5) is 0. The molecule has 0 N–H and O–H groups in total. The van der Waals surface area contributed by atoms with Crippen LogP contribution in [0, 0.1) is 0 Å². The van der Waals surface area contributed by atoms with Gasteiger partial charge in [-0.1, -0.05) is 0 Å². The first-order chi connectivity index (χ1) is 3.71. The predicted octanol–water partition coefficient (Wildman–Crippen LogP) is 0.810. The van der Waals surface area contributed by atoms with Crippen molar-refractivity contribution >= 4 is 11.8 Å². The first-order valence-electron chi connectivity index (χ1n) is 3.10. The van der Waals surface area contributed by atoms with E-state index in [0.717, 1.165) is 0 Å². The summed E-state index contributed by atoms with van der Waals surface area (Å²) in [6.45, 7) is 2.70. The van der Waals surface area contributed by atoms with Crippen LogP contribution in [0.3, 0.4) is 0 Å². The second-order valence-electron chi connectivity index (χ2n) is 3.00. The summed E-state index contributed by atoms with van der Waals surface area (Å²) < 4.78 is 1.23. The summed E-state index contributed by atoms with van der Waals surface area (Å²) in [5.41, 5.74) is 0. The Morgan fingerprint density at radius 3 is 1.88 bits per heavy atom. The first-order valence-corrected chi connectivity index (χ1v) is 4.26. The lowest BCUT2D eigenvalue weighted by atomic mass is 10.5. The molecule has 0 aliphatic carbocycles. The van der Waals surface area contributed by atoms with Gasteiger partial charge in [-0.3, -0.25) is 0 Å². The summed E-state index contributed by atoms with van der Waals surface area (Å²) in [5.74, 6) is 2.71. The summed E-state index contributed by atoms with van der Waals surface area (Å²) in [6.07, 6.45) is 0. The molecule has 1 heterocycles. The van der Waals surface area contributed by atoms with Crippen molar-refractivity contribution in [2.24, 2.45) is 0 Å². The molecule has 1 aliphatic rings. The Kier molecular flexibility index (Phi) is 1.83. The SMILES string of the molecule is C[N+]1(C)CCSCC1. The van der Waals surface area contributed by atoms with Crippen LogP contribution in [-0.2, 0) is 0 Å². The van der Waals surface area contributed by atoms with Gasteiger partial charge in [-0.05, 0) is 0 Å². The highest BCUT2D eigenvalue weighted by Crippen LogP contribution is 2.12. The molecule has 0 bridgehead atoms. The molecule has 0 unspecified atom stereocenters. The molecule has 48 valence electrons. The van der Waals surface area contributed by atoms with Crippen LogP contribution in [0.4, 0.5) is 0 Å². The number of thioether (sulfide) groups is 1. The Morgan fingerprint density at radius 1 is 1.12 bits per heavy atom. The highest BCUT2D eigenvalue weighted by Gasteiger charge is 2.17. The van der Waals surface area contributed by atoms with Gasteiger partial charge in [0.15, 0.2) is 0 Å². The Morgan fingerprint density at radius 2 is 1.62 bits per heavy atom. The Labute approximate surface area is 55.7 Å². The quantitative estimate of drug-likeness (QED) is 0.440. The normalized spacial score (nSPS) is 27.8. The Hall–Kier alpha value is 0.310. The minimum absolute atomic E-state index is 1.23. The minimum Gasteiger partial charge on any atom is -0.327 e. The number of quaternary nitrogens is 1. The molecule has 0 radical (unpaired) electrons. The zero-order chi connectivity index (χ0) is 6.04. The van der Waals surface area contributed by atoms with Crippen molar-refractivity contribution in [1.29, 1.82) is 0 Å². The monoisotopic (exact) mass is 132 g/mol. The number of rotatable bonds is 0. The molecule has 0 amide bonds. The maximum Gasteiger partial charge on any atom is 0.0874 e. The van der Waals surface area contributed by atoms with Gasteiger partial charge in [0.25, 0.3) is 0 Å². The highest BCUT2D eigenvalue weighted by atomic mass is 32.2. The van der Waals surface area contributed by atoms with Gasteiger partial charge in [0, 0.05) is 11.5 Å². The van der Waals surface area contributed by atoms with Crippen molar-refractivity contribution in [3.63, 3.8) is 0 Å². The van der Waals surface area contributed by atoms with E-state index in [9.17, 15) is 0 Å². The van der Waals surface area contributed by atoms with Crippen LogP contribution in [0.2, 0.25) is 0 Å². The summed E-state index contributed by atoms with van der Waals surface area (Å²) in [6, 6.07) is 0. The zero-order valence-corrected chi connectivity index (χ0v) is 6.50. The molecule has 1 aliphatic heterocycles. The zero-order valence-electron chi connectivity index (χ0n) is 5.68. The molecule has 1 rings (SSSR count). The largest absolute Gasteiger partial charge is 0.327 e. The van der Waals surface area contributed by atoms with Crippen LogP contribution < -0.4 is 0 Å². The van der Waals surface area contributed by atoms with E-state index in [1.165, 1.54) is 29.1 Å². The smallest absolute Gasteiger partial charge is 0.0874 e. The van der Waals surface area contributed by atoms with Crippen LogP contribution in [0.25, 0.3) is 0 Å². The van der Waals surface area contributed by atoms with Gasteiger partial charge < -0.3 is 4.48 Å². The van der Waals surface area contributed by atoms with Crippen molar-refractivity contribution in [3.8, 4) is 0 Å². The van der Waals surface area contributed by atoms with Crippen LogP contribution in [0.15, 0.2) is 0 Å². The molecule has 0 aromatic carbocycles. The molecule has 0 spiro atoms. The third kappa shape index (κ3) is 1.67. The third-order valence-corrected chi connectivity index (χ3v) is 2.62. The van der Waals surface area contributed by atoms with Crippen LogP contribution in [0.5, 0.6) is 0 Å². The minimum atomic E-state index is 1.23. The second kappa shape index (κ2) is 2.28. The summed E-state index contributed by atoms with van der Waals surface area (Å²) in [5, 5.41) is 0. The molecule has 0 aromatic rings. The van der Waals surface area contributed by atoms with Gasteiger partial charge in [-0.2, -0.15) is 11.8 Å². The molecule has 2 heteroatoms. The average Bonchev–Trinajstić information content (AvgIpc) is 1.65. The van der Waals surface area contributed by atoms with Crippen molar-refractivity contribution in [1.82, 2.24) is 0 Å². The van der Waals surface area contributed by atoms with E-state index in [0.29, 0.717) is 0 Å². The summed E-state index contributed by atoms with van der Waals surface area (Å²) in [7, 11) is 4.61. The fourth-order valence-corrected chi connectivity index (χ4v) is 2.29. The molecule has 0 saturated carbocycles. The van der Waals surface area contributed by atoms with E-state index in [-0.39, 0.29) is 0 Å². The highest BCUT2D eigenvalue weighted by molar-refractivity contribution is 7.99. The second-order valence-corrected chi connectivity index (χ2v) is 4.22. The number of nitrogens with zero attached hydrogens (tertiary/aromatic N) is 1. The molecule has 1 fully saturated rings. The Balaban J connectivity index is 2.33. The van der Waals surface area contributed by atoms with Gasteiger partial charge in [0.2, 0.25) is 0 Å². The number of hydrogen-bond acceptors (Lipinski definition) is 1. The van der Waals surface area contributed by atoms with E-state index in [1.807, 2.05) is 0 Å². The van der Waals surface area contributed by atoms with E-state index < -0.39 is 0 Å². The molecular formula is C6H14NS+. The van der Waals surface area contributed by atoms with Gasteiger partial charge in [-0.25, -0.2) is 0 Å². The fraction of sp³-hybridized carbons (Fsp3) is 1.00. The fourth-order valence-electron chi connectivity index (χ4n) is 0.837.